The second-order valence-corrected chi connectivity index (χ2v) is 14.3. The van der Waals surface area contributed by atoms with Crippen LogP contribution in [0.3, 0.4) is 0 Å². The zero-order valence-electron chi connectivity index (χ0n) is 31.2. The molecule has 6 nitrogen and oxygen atoms in total. The largest absolute Gasteiger partial charge is 0.253 e. The van der Waals surface area contributed by atoms with Gasteiger partial charge in [0.25, 0.3) is 0 Å². The molecule has 270 valence electrons. The van der Waals surface area contributed by atoms with Crippen molar-refractivity contribution in [1.29, 1.82) is 0 Å². The fraction of sp³-hybridized carbons (Fsp3) is 0. The Kier molecular flexibility index (Phi) is 8.04. The van der Waals surface area contributed by atoms with Crippen LogP contribution in [0.5, 0.6) is 0 Å². The van der Waals surface area contributed by atoms with Crippen LogP contribution in [0.4, 0.5) is 0 Å². The van der Waals surface area contributed by atoms with Gasteiger partial charge in [-0.3, -0.25) is 9.97 Å². The quantitative estimate of drug-likeness (QED) is 0.158. The van der Waals surface area contributed by atoms with Gasteiger partial charge in [-0.05, 0) is 76.3 Å². The minimum absolute atomic E-state index is 0.740. The Balaban J connectivity index is 1.25. The van der Waals surface area contributed by atoms with Gasteiger partial charge < -0.3 is 0 Å². The zero-order valence-corrected chi connectivity index (χ0v) is 31.2. The third-order valence-electron chi connectivity index (χ3n) is 10.9. The number of hydrogen-bond donors (Lipinski definition) is 0. The predicted molar refractivity (Wildman–Crippen MR) is 236 cm³/mol. The van der Waals surface area contributed by atoms with E-state index in [0.29, 0.717) is 0 Å². The van der Waals surface area contributed by atoms with E-state index in [1.807, 2.05) is 36.4 Å². The summed E-state index contributed by atoms with van der Waals surface area (Å²) in [4.78, 5) is 30.0. The van der Waals surface area contributed by atoms with E-state index in [1.165, 1.54) is 0 Å². The van der Waals surface area contributed by atoms with Gasteiger partial charge in [0.05, 0.1) is 33.6 Å². The molecule has 7 aromatic carbocycles. The van der Waals surface area contributed by atoms with Crippen LogP contribution in [-0.4, -0.2) is 29.9 Å². The first-order chi connectivity index (χ1) is 28.8. The topological polar surface area (TPSA) is 77.3 Å². The van der Waals surface area contributed by atoms with Gasteiger partial charge in [0.2, 0.25) is 0 Å². The molecule has 0 unspecified atom stereocenters. The summed E-state index contributed by atoms with van der Waals surface area (Å²) in [5.74, 6) is 0. The van der Waals surface area contributed by atoms with Crippen molar-refractivity contribution in [3.63, 3.8) is 0 Å². The Morgan fingerprint density at radius 2 is 0.948 bits per heavy atom. The molecule has 4 aromatic heterocycles. The summed E-state index contributed by atoms with van der Waals surface area (Å²) >= 11 is 0. The van der Waals surface area contributed by atoms with Gasteiger partial charge in [-0.1, -0.05) is 127 Å². The van der Waals surface area contributed by atoms with Crippen LogP contribution in [0.25, 0.3) is 111 Å². The van der Waals surface area contributed by atoms with Gasteiger partial charge in [0.15, 0.2) is 0 Å². The number of rotatable bonds is 6. The van der Waals surface area contributed by atoms with Crippen LogP contribution in [0.1, 0.15) is 0 Å². The lowest BCUT2D eigenvalue weighted by atomic mass is 9.86. The summed E-state index contributed by atoms with van der Waals surface area (Å²) in [6.07, 6.45) is 5.06. The molecular formula is C52H32N6. The summed E-state index contributed by atoms with van der Waals surface area (Å²) < 4.78 is 0. The molecule has 58 heavy (non-hydrogen) atoms. The molecule has 0 atom stereocenters. The van der Waals surface area contributed by atoms with Crippen molar-refractivity contribution in [3.05, 3.63) is 195 Å². The van der Waals surface area contributed by atoms with E-state index in [-0.39, 0.29) is 0 Å². The van der Waals surface area contributed by atoms with Crippen molar-refractivity contribution in [3.8, 4) is 67.2 Å². The van der Waals surface area contributed by atoms with Crippen LogP contribution >= 0.6 is 0 Å². The van der Waals surface area contributed by atoms with Crippen molar-refractivity contribution in [1.82, 2.24) is 29.9 Å². The molecule has 0 saturated heterocycles. The first-order valence-electron chi connectivity index (χ1n) is 19.3. The third-order valence-corrected chi connectivity index (χ3v) is 10.9. The monoisotopic (exact) mass is 740 g/mol. The molecule has 11 aromatic rings. The maximum Gasteiger partial charge on any atom is 0.116 e. The highest BCUT2D eigenvalue weighted by Crippen LogP contribution is 2.45. The van der Waals surface area contributed by atoms with Gasteiger partial charge in [0, 0.05) is 50.8 Å². The molecule has 0 saturated carbocycles. The highest BCUT2D eigenvalue weighted by Gasteiger charge is 2.22. The van der Waals surface area contributed by atoms with E-state index >= 15 is 0 Å². The van der Waals surface area contributed by atoms with Crippen LogP contribution in [-0.2, 0) is 0 Å². The fourth-order valence-corrected chi connectivity index (χ4v) is 8.16. The van der Waals surface area contributed by atoms with Crippen LogP contribution in [0, 0.1) is 0 Å². The van der Waals surface area contributed by atoms with Crippen LogP contribution < -0.4 is 0 Å². The molecule has 0 amide bonds. The highest BCUT2D eigenvalue weighted by molar-refractivity contribution is 6.12. The summed E-state index contributed by atoms with van der Waals surface area (Å²) in [6.45, 7) is 0. The van der Waals surface area contributed by atoms with Gasteiger partial charge in [0.1, 0.15) is 17.4 Å². The molecule has 0 aliphatic carbocycles. The molecule has 0 aliphatic rings. The normalized spacial score (nSPS) is 11.4. The summed E-state index contributed by atoms with van der Waals surface area (Å²) in [5.41, 5.74) is 16.0. The van der Waals surface area contributed by atoms with Crippen molar-refractivity contribution in [2.45, 2.75) is 0 Å². The number of nitrogens with zero attached hydrogens (tertiary/aromatic N) is 6. The Morgan fingerprint density at radius 3 is 1.71 bits per heavy atom. The smallest absolute Gasteiger partial charge is 0.116 e. The lowest BCUT2D eigenvalue weighted by Gasteiger charge is -2.20. The van der Waals surface area contributed by atoms with Crippen molar-refractivity contribution in [2.75, 3.05) is 0 Å². The number of benzene rings is 7. The van der Waals surface area contributed by atoms with Crippen LogP contribution in [0.15, 0.2) is 195 Å². The number of pyridine rings is 2. The molecule has 0 N–H and O–H groups in total. The maximum atomic E-state index is 5.64. The average molecular weight is 741 g/mol. The molecule has 6 heteroatoms. The summed E-state index contributed by atoms with van der Waals surface area (Å²) in [5, 5.41) is 2.96. The Morgan fingerprint density at radius 1 is 0.328 bits per heavy atom. The second-order valence-electron chi connectivity index (χ2n) is 14.3. The van der Waals surface area contributed by atoms with Gasteiger partial charge in [-0.2, -0.15) is 0 Å². The van der Waals surface area contributed by atoms with E-state index in [9.17, 15) is 0 Å². The predicted octanol–water partition coefficient (Wildman–Crippen LogP) is 12.7. The third kappa shape index (κ3) is 5.74. The standard InChI is InChI=1S/C52H32N6/c1-5-13-33(14-6-1)38-30-42(47(36-19-11-4-12-20-36)43(31-38)49-40-23-26-46-52(54-28-27-53-46)50(40)56-32-55-49)45-25-22-39-41(34-15-7-2-8-16-34)29-37-21-24-44(35-17-9-3-10-18-35)57-48(37)51(39)58-45/h1-32H. The zero-order chi connectivity index (χ0) is 38.4. The molecule has 0 radical (unpaired) electrons. The Bertz CT molecular complexity index is 3320. The highest BCUT2D eigenvalue weighted by atomic mass is 14.9. The van der Waals surface area contributed by atoms with Crippen molar-refractivity contribution >= 4 is 43.7 Å². The molecule has 11 rings (SSSR count). The van der Waals surface area contributed by atoms with Crippen LogP contribution in [0.2, 0.25) is 0 Å². The van der Waals surface area contributed by atoms with Gasteiger partial charge >= 0.3 is 0 Å². The minimum Gasteiger partial charge on any atom is -0.253 e. The minimum atomic E-state index is 0.740. The lowest BCUT2D eigenvalue weighted by molar-refractivity contribution is 1.22. The molecule has 0 fully saturated rings. The number of aromatic nitrogens is 6. The molecule has 0 bridgehead atoms. The molecule has 4 heterocycles. The maximum absolute atomic E-state index is 5.64. The van der Waals surface area contributed by atoms with E-state index in [1.54, 1.807) is 18.7 Å². The van der Waals surface area contributed by atoms with E-state index < -0.39 is 0 Å². The van der Waals surface area contributed by atoms with Crippen molar-refractivity contribution < 1.29 is 0 Å². The van der Waals surface area contributed by atoms with Crippen molar-refractivity contribution in [2.24, 2.45) is 0 Å². The van der Waals surface area contributed by atoms with Gasteiger partial charge in [-0.25, -0.2) is 19.9 Å². The van der Waals surface area contributed by atoms with E-state index in [0.717, 1.165) is 111 Å². The first kappa shape index (κ1) is 33.4. The summed E-state index contributed by atoms with van der Waals surface area (Å²) in [6, 6.07) is 61.3. The average Bonchev–Trinajstić information content (AvgIpc) is 3.31. The second kappa shape index (κ2) is 14.0. The number of fused-ring (bicyclic) bond motifs is 6. The van der Waals surface area contributed by atoms with Gasteiger partial charge in [-0.15, -0.1) is 0 Å². The number of hydrogen-bond acceptors (Lipinski definition) is 6. The first-order valence-corrected chi connectivity index (χ1v) is 19.3. The van der Waals surface area contributed by atoms with E-state index in [2.05, 4.69) is 145 Å². The molecular weight excluding hydrogens is 709 g/mol. The molecule has 0 spiro atoms. The molecule has 0 aliphatic heterocycles. The summed E-state index contributed by atoms with van der Waals surface area (Å²) in [7, 11) is 0. The van der Waals surface area contributed by atoms with E-state index in [4.69, 9.17) is 24.9 Å². The fourth-order valence-electron chi connectivity index (χ4n) is 8.16. The SMILES string of the molecule is c1ccc(-c2cc(-c3ccc4c(-c5ccccc5)cc5ccc(-c6ccccc6)nc5c4n3)c(-c3ccccc3)c(-c3ncnc4c3ccc3nccnc34)c2)cc1. The lowest BCUT2D eigenvalue weighted by Crippen LogP contribution is -1.98. The Hall–Kier alpha value is -7.96. The Labute approximate surface area is 334 Å².